The van der Waals surface area contributed by atoms with E-state index in [1.54, 1.807) is 20.3 Å². The molecule has 0 aliphatic heterocycles. The summed E-state index contributed by atoms with van der Waals surface area (Å²) in [5.41, 5.74) is 7.23. The van der Waals surface area contributed by atoms with E-state index in [-0.39, 0.29) is 5.75 Å². The van der Waals surface area contributed by atoms with Gasteiger partial charge in [-0.3, -0.25) is 0 Å². The van der Waals surface area contributed by atoms with Crippen molar-refractivity contribution in [1.82, 2.24) is 4.31 Å². The third-order valence-corrected chi connectivity index (χ3v) is 4.91. The fourth-order valence-electron chi connectivity index (χ4n) is 1.92. The molecular formula is C14H24N2O4S. The van der Waals surface area contributed by atoms with E-state index in [0.717, 1.165) is 11.1 Å². The van der Waals surface area contributed by atoms with Crippen LogP contribution in [0.4, 0.5) is 0 Å². The van der Waals surface area contributed by atoms with Gasteiger partial charge in [0.15, 0.2) is 0 Å². The molecular weight excluding hydrogens is 292 g/mol. The first-order valence-electron chi connectivity index (χ1n) is 6.77. The van der Waals surface area contributed by atoms with Crippen LogP contribution in [0.25, 0.3) is 0 Å². The zero-order valence-corrected chi connectivity index (χ0v) is 13.4. The number of nitrogens with two attached hydrogens (primary N) is 1. The molecule has 21 heavy (non-hydrogen) atoms. The third-order valence-electron chi connectivity index (χ3n) is 3.06. The van der Waals surface area contributed by atoms with Crippen LogP contribution in [0.3, 0.4) is 0 Å². The molecule has 0 radical (unpaired) electrons. The highest BCUT2D eigenvalue weighted by atomic mass is 32.2. The van der Waals surface area contributed by atoms with E-state index in [4.69, 9.17) is 15.2 Å². The molecule has 0 bridgehead atoms. The van der Waals surface area contributed by atoms with Gasteiger partial charge < -0.3 is 15.2 Å². The number of rotatable bonds is 10. The topological polar surface area (TPSA) is 81.9 Å². The van der Waals surface area contributed by atoms with Gasteiger partial charge >= 0.3 is 0 Å². The van der Waals surface area contributed by atoms with Crippen molar-refractivity contribution in [3.63, 3.8) is 0 Å². The first-order chi connectivity index (χ1) is 10.0. The molecule has 1 rings (SSSR count). The summed E-state index contributed by atoms with van der Waals surface area (Å²) in [4.78, 5) is 0. The second-order valence-electron chi connectivity index (χ2n) is 4.66. The van der Waals surface area contributed by atoms with Crippen LogP contribution in [0.2, 0.25) is 0 Å². The van der Waals surface area contributed by atoms with Crippen molar-refractivity contribution in [1.29, 1.82) is 0 Å². The predicted octanol–water partition coefficient (Wildman–Crippen LogP) is 0.570. The number of sulfonamides is 1. The van der Waals surface area contributed by atoms with Crippen LogP contribution in [0.5, 0.6) is 0 Å². The highest BCUT2D eigenvalue weighted by Gasteiger charge is 2.22. The van der Waals surface area contributed by atoms with Gasteiger partial charge in [-0.05, 0) is 11.1 Å². The van der Waals surface area contributed by atoms with Crippen LogP contribution in [0.1, 0.15) is 11.1 Å². The van der Waals surface area contributed by atoms with Crippen molar-refractivity contribution in [2.24, 2.45) is 5.73 Å². The van der Waals surface area contributed by atoms with Gasteiger partial charge in [-0.15, -0.1) is 0 Å². The Morgan fingerprint density at radius 3 is 2.19 bits per heavy atom. The molecule has 0 aliphatic carbocycles. The van der Waals surface area contributed by atoms with Gasteiger partial charge in [0.05, 0.1) is 19.0 Å². The Balaban J connectivity index is 2.83. The number of hydrogen-bond acceptors (Lipinski definition) is 5. The average Bonchev–Trinajstić information content (AvgIpc) is 2.46. The third kappa shape index (κ3) is 6.11. The summed E-state index contributed by atoms with van der Waals surface area (Å²) in [6.45, 7) is 1.74. The van der Waals surface area contributed by atoms with Crippen LogP contribution >= 0.6 is 0 Å². The molecule has 0 saturated carbocycles. The number of methoxy groups -OCH3 is 2. The highest BCUT2D eigenvalue weighted by Crippen LogP contribution is 2.12. The normalized spacial score (nSPS) is 12.0. The van der Waals surface area contributed by atoms with E-state index in [1.807, 2.05) is 18.2 Å². The Morgan fingerprint density at radius 1 is 1.10 bits per heavy atom. The van der Waals surface area contributed by atoms with Crippen molar-refractivity contribution in [2.45, 2.75) is 12.3 Å². The molecule has 1 aromatic rings. The standard InChI is InChI=1S/C14H24N2O4S/c1-19-8-6-16(7-9-20-2)21(17,18)12-14-5-3-4-13(10-14)11-15/h3-5,10H,6-9,11-12,15H2,1-2H3. The molecule has 0 aromatic heterocycles. The van der Waals surface area contributed by atoms with E-state index in [1.165, 1.54) is 4.31 Å². The van der Waals surface area contributed by atoms with Gasteiger partial charge in [-0.1, -0.05) is 24.3 Å². The van der Waals surface area contributed by atoms with Crippen molar-refractivity contribution in [3.05, 3.63) is 35.4 Å². The van der Waals surface area contributed by atoms with E-state index in [9.17, 15) is 8.42 Å². The van der Waals surface area contributed by atoms with Gasteiger partial charge in [0.2, 0.25) is 10.0 Å². The Morgan fingerprint density at radius 2 is 1.67 bits per heavy atom. The lowest BCUT2D eigenvalue weighted by molar-refractivity contribution is 0.150. The zero-order valence-electron chi connectivity index (χ0n) is 12.6. The van der Waals surface area contributed by atoms with Crippen LogP contribution in [0.15, 0.2) is 24.3 Å². The summed E-state index contributed by atoms with van der Waals surface area (Å²) in [5, 5.41) is 0. The number of benzene rings is 1. The van der Waals surface area contributed by atoms with Crippen molar-refractivity contribution < 1.29 is 17.9 Å². The fraction of sp³-hybridized carbons (Fsp3) is 0.571. The maximum Gasteiger partial charge on any atom is 0.218 e. The summed E-state index contributed by atoms with van der Waals surface area (Å²) in [7, 11) is -0.317. The molecule has 6 nitrogen and oxygen atoms in total. The second-order valence-corrected chi connectivity index (χ2v) is 6.63. The average molecular weight is 316 g/mol. The van der Waals surface area contributed by atoms with Crippen LogP contribution in [-0.2, 0) is 31.8 Å². The smallest absolute Gasteiger partial charge is 0.218 e. The number of hydrogen-bond donors (Lipinski definition) is 1. The zero-order chi connectivity index (χ0) is 15.7. The Kier molecular flexibility index (Phi) is 7.84. The van der Waals surface area contributed by atoms with Gasteiger partial charge in [-0.25, -0.2) is 8.42 Å². The van der Waals surface area contributed by atoms with E-state index in [0.29, 0.717) is 32.8 Å². The minimum atomic E-state index is -3.41. The summed E-state index contributed by atoms with van der Waals surface area (Å²) in [5.74, 6) is -0.0474. The van der Waals surface area contributed by atoms with Gasteiger partial charge in [0.1, 0.15) is 0 Å². The first kappa shape index (κ1) is 18.1. The van der Waals surface area contributed by atoms with E-state index in [2.05, 4.69) is 0 Å². The summed E-state index contributed by atoms with van der Waals surface area (Å²) in [6.07, 6.45) is 0. The van der Waals surface area contributed by atoms with Gasteiger partial charge in [0, 0.05) is 33.9 Å². The van der Waals surface area contributed by atoms with E-state index < -0.39 is 10.0 Å². The molecule has 0 fully saturated rings. The SMILES string of the molecule is COCCN(CCOC)S(=O)(=O)Cc1cccc(CN)c1. The van der Waals surface area contributed by atoms with Crippen LogP contribution < -0.4 is 5.73 Å². The minimum absolute atomic E-state index is 0.0474. The molecule has 120 valence electrons. The maximum atomic E-state index is 12.5. The van der Waals surface area contributed by atoms with Crippen LogP contribution in [0, 0.1) is 0 Å². The lowest BCUT2D eigenvalue weighted by atomic mass is 10.1. The van der Waals surface area contributed by atoms with Gasteiger partial charge in [0.25, 0.3) is 0 Å². The fourth-order valence-corrected chi connectivity index (χ4v) is 3.41. The maximum absolute atomic E-state index is 12.5. The number of nitrogens with zero attached hydrogens (tertiary/aromatic N) is 1. The first-order valence-corrected chi connectivity index (χ1v) is 8.38. The lowest BCUT2D eigenvalue weighted by Gasteiger charge is -2.21. The predicted molar refractivity (Wildman–Crippen MR) is 82.3 cm³/mol. The second kappa shape index (κ2) is 9.11. The molecule has 1 aromatic carbocycles. The van der Waals surface area contributed by atoms with Crippen LogP contribution in [-0.4, -0.2) is 53.2 Å². The highest BCUT2D eigenvalue weighted by molar-refractivity contribution is 7.88. The molecule has 0 unspecified atom stereocenters. The Hall–Kier alpha value is -0.990. The molecule has 0 saturated heterocycles. The summed E-state index contributed by atoms with van der Waals surface area (Å²) in [6, 6.07) is 7.31. The van der Waals surface area contributed by atoms with Crippen molar-refractivity contribution in [2.75, 3.05) is 40.5 Å². The quantitative estimate of drug-likeness (QED) is 0.682. The Bertz CT molecular complexity index is 511. The minimum Gasteiger partial charge on any atom is -0.383 e. The van der Waals surface area contributed by atoms with Crippen molar-refractivity contribution >= 4 is 10.0 Å². The summed E-state index contributed by atoms with van der Waals surface area (Å²) >= 11 is 0. The monoisotopic (exact) mass is 316 g/mol. The molecule has 2 N–H and O–H groups in total. The molecule has 7 heteroatoms. The summed E-state index contributed by atoms with van der Waals surface area (Å²) < 4.78 is 36.3. The lowest BCUT2D eigenvalue weighted by Crippen LogP contribution is -2.37. The Labute approximate surface area is 126 Å². The molecule has 0 atom stereocenters. The van der Waals surface area contributed by atoms with Crippen molar-refractivity contribution in [3.8, 4) is 0 Å². The molecule has 0 aliphatic rings. The van der Waals surface area contributed by atoms with Gasteiger partial charge in [-0.2, -0.15) is 4.31 Å². The molecule has 0 amide bonds. The number of ether oxygens (including phenoxy) is 2. The molecule has 0 heterocycles. The van der Waals surface area contributed by atoms with E-state index >= 15 is 0 Å². The molecule has 0 spiro atoms. The largest absolute Gasteiger partial charge is 0.383 e.